The Hall–Kier alpha value is -3.15. The second-order valence-corrected chi connectivity index (χ2v) is 6.60. The summed E-state index contributed by atoms with van der Waals surface area (Å²) in [6.07, 6.45) is 0. The summed E-state index contributed by atoms with van der Waals surface area (Å²) in [5.74, 6) is -0.730. The van der Waals surface area contributed by atoms with Gasteiger partial charge in [0, 0.05) is 18.2 Å². The van der Waals surface area contributed by atoms with Crippen molar-refractivity contribution in [2.24, 2.45) is 0 Å². The maximum absolute atomic E-state index is 12.4. The maximum Gasteiger partial charge on any atom is 0.251 e. The molecule has 27 heavy (non-hydrogen) atoms. The summed E-state index contributed by atoms with van der Waals surface area (Å²) < 4.78 is 0. The largest absolute Gasteiger partial charge is 0.348 e. The molecule has 6 heteroatoms. The number of hydrogen-bond donors (Lipinski definition) is 3. The van der Waals surface area contributed by atoms with Gasteiger partial charge in [0.15, 0.2) is 0 Å². The number of hydrogen-bond acceptors (Lipinski definition) is 3. The van der Waals surface area contributed by atoms with Gasteiger partial charge in [-0.2, -0.15) is 0 Å². The maximum atomic E-state index is 12.4. The van der Waals surface area contributed by atoms with Crippen molar-refractivity contribution >= 4 is 23.4 Å². The molecule has 2 aromatic rings. The number of rotatable bonds is 6. The zero-order valence-corrected chi connectivity index (χ0v) is 16.0. The second kappa shape index (κ2) is 8.98. The Kier molecular flexibility index (Phi) is 6.71. The highest BCUT2D eigenvalue weighted by molar-refractivity contribution is 5.97. The van der Waals surface area contributed by atoms with E-state index in [1.54, 1.807) is 31.2 Å². The normalized spacial score (nSPS) is 12.6. The Morgan fingerprint density at radius 3 is 2.30 bits per heavy atom. The molecule has 0 saturated heterocycles. The van der Waals surface area contributed by atoms with Crippen molar-refractivity contribution in [2.45, 2.75) is 39.8 Å². The van der Waals surface area contributed by atoms with Gasteiger partial charge < -0.3 is 16.0 Å². The highest BCUT2D eigenvalue weighted by atomic mass is 16.2. The van der Waals surface area contributed by atoms with E-state index in [-0.39, 0.29) is 23.8 Å². The summed E-state index contributed by atoms with van der Waals surface area (Å²) in [6.45, 7) is 6.84. The van der Waals surface area contributed by atoms with Gasteiger partial charge in [-0.15, -0.1) is 0 Å². The van der Waals surface area contributed by atoms with Gasteiger partial charge in [-0.05, 0) is 50.6 Å². The molecule has 0 radical (unpaired) electrons. The molecule has 3 amide bonds. The van der Waals surface area contributed by atoms with E-state index in [1.807, 2.05) is 38.1 Å². The fraction of sp³-hybridized carbons (Fsp3) is 0.286. The number of aryl methyl sites for hydroxylation is 1. The van der Waals surface area contributed by atoms with Crippen LogP contribution in [0.25, 0.3) is 0 Å². The molecule has 0 spiro atoms. The average molecular weight is 367 g/mol. The van der Waals surface area contributed by atoms with Crippen LogP contribution in [0.15, 0.2) is 48.5 Å². The minimum absolute atomic E-state index is 0.156. The first-order chi connectivity index (χ1) is 12.8. The van der Waals surface area contributed by atoms with Gasteiger partial charge in [0.05, 0.1) is 6.04 Å². The van der Waals surface area contributed by atoms with Crippen molar-refractivity contribution in [2.75, 3.05) is 5.32 Å². The van der Waals surface area contributed by atoms with E-state index in [9.17, 15) is 14.4 Å². The molecule has 0 saturated carbocycles. The Morgan fingerprint density at radius 2 is 1.63 bits per heavy atom. The van der Waals surface area contributed by atoms with Crippen LogP contribution in [-0.2, 0) is 9.59 Å². The summed E-state index contributed by atoms with van der Waals surface area (Å²) >= 11 is 0. The highest BCUT2D eigenvalue weighted by Crippen LogP contribution is 2.17. The molecule has 6 nitrogen and oxygen atoms in total. The van der Waals surface area contributed by atoms with Crippen LogP contribution >= 0.6 is 0 Å². The molecule has 0 aromatic heterocycles. The predicted molar refractivity (Wildman–Crippen MR) is 105 cm³/mol. The van der Waals surface area contributed by atoms with Gasteiger partial charge in [0.1, 0.15) is 6.04 Å². The monoisotopic (exact) mass is 367 g/mol. The first-order valence-electron chi connectivity index (χ1n) is 8.81. The topological polar surface area (TPSA) is 87.3 Å². The summed E-state index contributed by atoms with van der Waals surface area (Å²) in [7, 11) is 0. The summed E-state index contributed by atoms with van der Waals surface area (Å²) in [4.78, 5) is 35.9. The lowest BCUT2D eigenvalue weighted by Crippen LogP contribution is -2.45. The molecular weight excluding hydrogens is 342 g/mol. The standard InChI is InChI=1S/C21H25N3O3/c1-13-7-5-9-18(11-13)21(27)23-15(3)20(26)22-14(2)17-8-6-10-19(12-17)24-16(4)25/h5-12,14-15H,1-4H3,(H,22,26)(H,23,27)(H,24,25)/t14-,15-/m0/s1. The number of nitrogens with one attached hydrogen (secondary N) is 3. The minimum Gasteiger partial charge on any atom is -0.348 e. The van der Waals surface area contributed by atoms with Crippen molar-refractivity contribution in [3.05, 3.63) is 65.2 Å². The number of amides is 3. The van der Waals surface area contributed by atoms with E-state index in [1.165, 1.54) is 6.92 Å². The van der Waals surface area contributed by atoms with Crippen LogP contribution in [0.1, 0.15) is 48.3 Å². The molecule has 142 valence electrons. The predicted octanol–water partition coefficient (Wildman–Crippen LogP) is 2.95. The zero-order valence-electron chi connectivity index (χ0n) is 16.0. The molecule has 0 aliphatic carbocycles. The lowest BCUT2D eigenvalue weighted by molar-refractivity contribution is -0.123. The Labute approximate surface area is 159 Å². The summed E-state index contributed by atoms with van der Waals surface area (Å²) in [5.41, 5.74) is 3.02. The molecule has 3 N–H and O–H groups in total. The lowest BCUT2D eigenvalue weighted by Gasteiger charge is -2.19. The number of benzene rings is 2. The Bertz CT molecular complexity index is 848. The molecule has 0 unspecified atom stereocenters. The number of anilines is 1. The quantitative estimate of drug-likeness (QED) is 0.733. The first-order valence-corrected chi connectivity index (χ1v) is 8.81. The lowest BCUT2D eigenvalue weighted by atomic mass is 10.1. The van der Waals surface area contributed by atoms with Crippen LogP contribution in [0, 0.1) is 6.92 Å². The van der Waals surface area contributed by atoms with Crippen LogP contribution in [-0.4, -0.2) is 23.8 Å². The van der Waals surface area contributed by atoms with Gasteiger partial charge in [-0.3, -0.25) is 14.4 Å². The van der Waals surface area contributed by atoms with Crippen molar-refractivity contribution in [1.29, 1.82) is 0 Å². The van der Waals surface area contributed by atoms with E-state index in [2.05, 4.69) is 16.0 Å². The van der Waals surface area contributed by atoms with E-state index in [0.717, 1.165) is 11.1 Å². The first kappa shape index (κ1) is 20.2. The molecule has 0 aliphatic heterocycles. The smallest absolute Gasteiger partial charge is 0.251 e. The van der Waals surface area contributed by atoms with Crippen molar-refractivity contribution in [1.82, 2.24) is 10.6 Å². The molecule has 0 heterocycles. The van der Waals surface area contributed by atoms with Crippen LogP contribution < -0.4 is 16.0 Å². The van der Waals surface area contributed by atoms with Crippen molar-refractivity contribution < 1.29 is 14.4 Å². The molecule has 2 rings (SSSR count). The fourth-order valence-electron chi connectivity index (χ4n) is 2.64. The van der Waals surface area contributed by atoms with Crippen LogP contribution in [0.3, 0.4) is 0 Å². The molecule has 0 fully saturated rings. The van der Waals surface area contributed by atoms with Crippen LogP contribution in [0.4, 0.5) is 5.69 Å². The molecule has 0 aliphatic rings. The summed E-state index contributed by atoms with van der Waals surface area (Å²) in [5, 5.41) is 8.30. The van der Waals surface area contributed by atoms with Crippen LogP contribution in [0.5, 0.6) is 0 Å². The molecule has 2 atom stereocenters. The number of carbonyl (C=O) groups is 3. The summed E-state index contributed by atoms with van der Waals surface area (Å²) in [6, 6.07) is 13.5. The highest BCUT2D eigenvalue weighted by Gasteiger charge is 2.19. The SMILES string of the molecule is CC(=O)Nc1cccc([C@H](C)NC(=O)[C@H](C)NC(=O)c2cccc(C)c2)c1. The second-order valence-electron chi connectivity index (χ2n) is 6.60. The fourth-order valence-corrected chi connectivity index (χ4v) is 2.64. The van der Waals surface area contributed by atoms with Crippen molar-refractivity contribution in [3.8, 4) is 0 Å². The van der Waals surface area contributed by atoms with E-state index in [0.29, 0.717) is 11.3 Å². The minimum atomic E-state index is -0.681. The van der Waals surface area contributed by atoms with Crippen LogP contribution in [0.2, 0.25) is 0 Å². The number of carbonyl (C=O) groups excluding carboxylic acids is 3. The average Bonchev–Trinajstić information content (AvgIpc) is 2.61. The zero-order chi connectivity index (χ0) is 20.0. The van der Waals surface area contributed by atoms with Crippen molar-refractivity contribution in [3.63, 3.8) is 0 Å². The van der Waals surface area contributed by atoms with E-state index in [4.69, 9.17) is 0 Å². The van der Waals surface area contributed by atoms with Gasteiger partial charge >= 0.3 is 0 Å². The molecule has 0 bridgehead atoms. The van der Waals surface area contributed by atoms with Gasteiger partial charge in [0.25, 0.3) is 5.91 Å². The van der Waals surface area contributed by atoms with Gasteiger partial charge in [0.2, 0.25) is 11.8 Å². The third-order valence-electron chi connectivity index (χ3n) is 4.09. The third-order valence-corrected chi connectivity index (χ3v) is 4.09. The Morgan fingerprint density at radius 1 is 0.926 bits per heavy atom. The molecule has 2 aromatic carbocycles. The third kappa shape index (κ3) is 5.95. The van der Waals surface area contributed by atoms with Gasteiger partial charge in [-0.1, -0.05) is 29.8 Å². The molecular formula is C21H25N3O3. The van der Waals surface area contributed by atoms with E-state index >= 15 is 0 Å². The van der Waals surface area contributed by atoms with Gasteiger partial charge in [-0.25, -0.2) is 0 Å². The Balaban J connectivity index is 1.97. The van der Waals surface area contributed by atoms with E-state index < -0.39 is 6.04 Å².